The molecular weight excluding hydrogens is 220 g/mol. The van der Waals surface area contributed by atoms with Gasteiger partial charge in [0, 0.05) is 11.5 Å². The van der Waals surface area contributed by atoms with E-state index in [-0.39, 0.29) is 17.6 Å². The van der Waals surface area contributed by atoms with Gasteiger partial charge in [0.05, 0.1) is 11.9 Å². The van der Waals surface area contributed by atoms with Gasteiger partial charge in [-0.1, -0.05) is 6.92 Å². The Balaban J connectivity index is 2.21. The maximum atomic E-state index is 11.2. The highest BCUT2D eigenvalue weighted by molar-refractivity contribution is 7.99. The molecule has 0 aromatic heterocycles. The number of hydrogen-bond donors (Lipinski definition) is 1. The van der Waals surface area contributed by atoms with Gasteiger partial charge >= 0.3 is 0 Å². The van der Waals surface area contributed by atoms with Crippen LogP contribution in [-0.4, -0.2) is 42.6 Å². The van der Waals surface area contributed by atoms with E-state index in [4.69, 9.17) is 0 Å². The maximum absolute atomic E-state index is 11.2. The molecule has 1 aliphatic rings. The summed E-state index contributed by atoms with van der Waals surface area (Å²) in [5.41, 5.74) is 0. The summed E-state index contributed by atoms with van der Waals surface area (Å²) in [6.07, 6.45) is 1.32. The predicted molar refractivity (Wildman–Crippen MR) is 60.4 cm³/mol. The molecule has 0 amide bonds. The highest BCUT2D eigenvalue weighted by Gasteiger charge is 2.25. The molecule has 3 nitrogen and oxygen atoms in total. The fourth-order valence-electron chi connectivity index (χ4n) is 1.57. The first kappa shape index (κ1) is 12.3. The number of aliphatic hydroxyl groups excluding tert-OH is 1. The van der Waals surface area contributed by atoms with E-state index >= 15 is 0 Å². The molecule has 1 saturated heterocycles. The van der Waals surface area contributed by atoms with Crippen molar-refractivity contribution in [2.75, 3.05) is 23.0 Å². The zero-order valence-electron chi connectivity index (χ0n) is 8.48. The van der Waals surface area contributed by atoms with Gasteiger partial charge in [-0.25, -0.2) is 8.42 Å². The molecule has 14 heavy (non-hydrogen) atoms. The number of thioether (sulfide) groups is 1. The Morgan fingerprint density at radius 2 is 2.14 bits per heavy atom. The van der Waals surface area contributed by atoms with Crippen LogP contribution >= 0.6 is 11.8 Å². The normalized spacial score (nSPS) is 28.1. The Labute approximate surface area is 90.2 Å². The summed E-state index contributed by atoms with van der Waals surface area (Å²) in [4.78, 5) is 0. The van der Waals surface area contributed by atoms with Gasteiger partial charge in [-0.3, -0.25) is 0 Å². The van der Waals surface area contributed by atoms with Crippen molar-refractivity contribution >= 4 is 21.6 Å². The Morgan fingerprint density at radius 1 is 1.43 bits per heavy atom. The molecule has 1 heterocycles. The van der Waals surface area contributed by atoms with E-state index in [1.807, 2.05) is 0 Å². The lowest BCUT2D eigenvalue weighted by molar-refractivity contribution is 0.144. The van der Waals surface area contributed by atoms with Crippen LogP contribution in [0.3, 0.4) is 0 Å². The largest absolute Gasteiger partial charge is 0.392 e. The average molecular weight is 238 g/mol. The molecule has 1 aliphatic heterocycles. The lowest BCUT2D eigenvalue weighted by Crippen LogP contribution is -2.19. The second-order valence-corrected chi connectivity index (χ2v) is 7.29. The van der Waals surface area contributed by atoms with Crippen LogP contribution in [0.1, 0.15) is 19.8 Å². The minimum atomic E-state index is -2.82. The second-order valence-electron chi connectivity index (χ2n) is 3.74. The highest BCUT2D eigenvalue weighted by Crippen LogP contribution is 2.27. The van der Waals surface area contributed by atoms with Gasteiger partial charge in [-0.2, -0.15) is 11.8 Å². The molecular formula is C9H18O3S2. The summed E-state index contributed by atoms with van der Waals surface area (Å²) >= 11 is 1.75. The van der Waals surface area contributed by atoms with E-state index in [0.29, 0.717) is 12.3 Å². The summed E-state index contributed by atoms with van der Waals surface area (Å²) in [5, 5.41) is 9.51. The Bertz CT molecular complexity index is 261. The molecule has 0 aromatic carbocycles. The van der Waals surface area contributed by atoms with Crippen molar-refractivity contribution in [2.24, 2.45) is 5.92 Å². The van der Waals surface area contributed by atoms with Crippen LogP contribution < -0.4 is 0 Å². The van der Waals surface area contributed by atoms with E-state index in [0.717, 1.165) is 17.9 Å². The molecule has 0 bridgehead atoms. The van der Waals surface area contributed by atoms with Gasteiger partial charge in [-0.05, 0) is 24.5 Å². The van der Waals surface area contributed by atoms with E-state index in [1.54, 1.807) is 18.7 Å². The predicted octanol–water partition coefficient (Wildman–Crippen LogP) is 0.925. The van der Waals surface area contributed by atoms with E-state index in [9.17, 15) is 13.5 Å². The summed E-state index contributed by atoms with van der Waals surface area (Å²) in [5.74, 6) is 2.61. The lowest BCUT2D eigenvalue weighted by Gasteiger charge is -2.12. The first-order valence-corrected chi connectivity index (χ1v) is 7.99. The maximum Gasteiger partial charge on any atom is 0.150 e. The third kappa shape index (κ3) is 3.79. The highest BCUT2D eigenvalue weighted by atomic mass is 32.2. The van der Waals surface area contributed by atoms with Gasteiger partial charge in [0.2, 0.25) is 0 Å². The van der Waals surface area contributed by atoms with Gasteiger partial charge < -0.3 is 5.11 Å². The lowest BCUT2D eigenvalue weighted by atomic mass is 10.0. The number of aliphatic hydroxyl groups is 1. The minimum Gasteiger partial charge on any atom is -0.392 e. The molecule has 2 unspecified atom stereocenters. The summed E-state index contributed by atoms with van der Waals surface area (Å²) in [6.45, 7) is 1.68. The van der Waals surface area contributed by atoms with Crippen LogP contribution in [0, 0.1) is 5.92 Å². The molecule has 1 fully saturated rings. The van der Waals surface area contributed by atoms with Crippen molar-refractivity contribution in [3.8, 4) is 0 Å². The molecule has 5 heteroatoms. The van der Waals surface area contributed by atoms with Crippen LogP contribution in [0.4, 0.5) is 0 Å². The van der Waals surface area contributed by atoms with Gasteiger partial charge in [0.15, 0.2) is 0 Å². The Hall–Kier alpha value is 0.260. The fraction of sp³-hybridized carbons (Fsp3) is 1.00. The number of hydrogen-bond acceptors (Lipinski definition) is 4. The average Bonchev–Trinajstić information content (AvgIpc) is 2.52. The van der Waals surface area contributed by atoms with Crippen molar-refractivity contribution in [1.29, 1.82) is 0 Å². The zero-order valence-corrected chi connectivity index (χ0v) is 10.1. The first-order valence-electron chi connectivity index (χ1n) is 5.01. The van der Waals surface area contributed by atoms with Gasteiger partial charge in [0.25, 0.3) is 0 Å². The molecule has 0 spiro atoms. The second kappa shape index (κ2) is 5.37. The standard InChI is InChI=1S/C9H18O3S2/c1-2-14(11,12)5-3-4-8-6-13-7-9(8)10/h8-10H,2-7H2,1H3. The fourth-order valence-corrected chi connectivity index (χ4v) is 3.81. The Kier molecular flexibility index (Phi) is 4.73. The third-order valence-corrected chi connectivity index (χ3v) is 5.67. The SMILES string of the molecule is CCS(=O)(=O)CCCC1CSCC1O. The molecule has 2 atom stereocenters. The quantitative estimate of drug-likeness (QED) is 0.774. The van der Waals surface area contributed by atoms with Crippen molar-refractivity contribution in [3.05, 3.63) is 0 Å². The summed E-state index contributed by atoms with van der Waals surface area (Å²) in [6, 6.07) is 0. The van der Waals surface area contributed by atoms with Crippen molar-refractivity contribution in [1.82, 2.24) is 0 Å². The molecule has 0 aliphatic carbocycles. The van der Waals surface area contributed by atoms with Gasteiger partial charge in [-0.15, -0.1) is 0 Å². The number of sulfone groups is 1. The molecule has 1 rings (SSSR count). The topological polar surface area (TPSA) is 54.4 Å². The Morgan fingerprint density at radius 3 is 2.64 bits per heavy atom. The van der Waals surface area contributed by atoms with Crippen LogP contribution in [0.5, 0.6) is 0 Å². The van der Waals surface area contributed by atoms with Crippen LogP contribution in [0.2, 0.25) is 0 Å². The summed E-state index contributed by atoms with van der Waals surface area (Å²) in [7, 11) is -2.82. The molecule has 84 valence electrons. The van der Waals surface area contributed by atoms with Crippen LogP contribution in [0.15, 0.2) is 0 Å². The third-order valence-electron chi connectivity index (χ3n) is 2.63. The first-order chi connectivity index (χ1) is 6.55. The van der Waals surface area contributed by atoms with E-state index < -0.39 is 9.84 Å². The monoisotopic (exact) mass is 238 g/mol. The smallest absolute Gasteiger partial charge is 0.150 e. The summed E-state index contributed by atoms with van der Waals surface area (Å²) < 4.78 is 22.4. The molecule has 0 radical (unpaired) electrons. The van der Waals surface area contributed by atoms with Gasteiger partial charge in [0.1, 0.15) is 9.84 Å². The zero-order chi connectivity index (χ0) is 10.6. The molecule has 1 N–H and O–H groups in total. The van der Waals surface area contributed by atoms with E-state index in [1.165, 1.54) is 0 Å². The van der Waals surface area contributed by atoms with Crippen molar-refractivity contribution < 1.29 is 13.5 Å². The van der Waals surface area contributed by atoms with Crippen molar-refractivity contribution in [3.63, 3.8) is 0 Å². The molecule has 0 aromatic rings. The molecule has 0 saturated carbocycles. The minimum absolute atomic E-state index is 0.218. The van der Waals surface area contributed by atoms with Crippen LogP contribution in [0.25, 0.3) is 0 Å². The number of rotatable bonds is 5. The van der Waals surface area contributed by atoms with Crippen molar-refractivity contribution in [2.45, 2.75) is 25.9 Å². The van der Waals surface area contributed by atoms with E-state index in [2.05, 4.69) is 0 Å². The van der Waals surface area contributed by atoms with Crippen LogP contribution in [-0.2, 0) is 9.84 Å².